The summed E-state index contributed by atoms with van der Waals surface area (Å²) in [6, 6.07) is 7.47. The second-order valence-corrected chi connectivity index (χ2v) is 4.75. The van der Waals surface area contributed by atoms with Crippen molar-refractivity contribution >= 4 is 22.9 Å². The minimum Gasteiger partial charge on any atom is -0.461 e. The van der Waals surface area contributed by atoms with Crippen LogP contribution in [-0.4, -0.2) is 22.1 Å². The summed E-state index contributed by atoms with van der Waals surface area (Å²) >= 11 is 0. The van der Waals surface area contributed by atoms with E-state index in [4.69, 9.17) is 4.74 Å². The molecule has 0 aliphatic carbocycles. The van der Waals surface area contributed by atoms with E-state index in [0.717, 1.165) is 23.5 Å². The van der Waals surface area contributed by atoms with Gasteiger partial charge in [-0.1, -0.05) is 25.1 Å². The number of nitrogens with zero attached hydrogens (tertiary/aromatic N) is 2. The van der Waals surface area contributed by atoms with Gasteiger partial charge >= 0.3 is 5.97 Å². The van der Waals surface area contributed by atoms with Crippen molar-refractivity contribution in [1.82, 2.24) is 4.57 Å². The predicted octanol–water partition coefficient (Wildman–Crippen LogP) is 3.48. The van der Waals surface area contributed by atoms with Gasteiger partial charge in [0.15, 0.2) is 0 Å². The fraction of sp³-hybridized carbons (Fsp3) is 0.312. The summed E-state index contributed by atoms with van der Waals surface area (Å²) in [5, 5.41) is 11.4. The molecule has 1 aromatic carbocycles. The summed E-state index contributed by atoms with van der Waals surface area (Å²) in [4.78, 5) is 22.4. The van der Waals surface area contributed by atoms with Crippen molar-refractivity contribution < 1.29 is 14.5 Å². The van der Waals surface area contributed by atoms with Gasteiger partial charge < -0.3 is 9.30 Å². The predicted molar refractivity (Wildman–Crippen MR) is 84.2 cm³/mol. The Labute approximate surface area is 128 Å². The molecule has 0 saturated heterocycles. The van der Waals surface area contributed by atoms with Crippen LogP contribution in [0.4, 0.5) is 0 Å². The van der Waals surface area contributed by atoms with Gasteiger partial charge in [-0.3, -0.25) is 10.1 Å². The number of hydrogen-bond acceptors (Lipinski definition) is 4. The molecule has 0 radical (unpaired) electrons. The normalized spacial score (nSPS) is 11.2. The highest BCUT2D eigenvalue weighted by molar-refractivity contribution is 6.03. The van der Waals surface area contributed by atoms with Gasteiger partial charge in [0.2, 0.25) is 6.20 Å². The number of carbonyl (C=O) groups excluding carboxylic acids is 1. The van der Waals surface area contributed by atoms with Crippen molar-refractivity contribution in [2.75, 3.05) is 6.61 Å². The van der Waals surface area contributed by atoms with E-state index in [1.165, 1.54) is 6.08 Å². The number of nitro groups is 1. The molecule has 0 unspecified atom stereocenters. The van der Waals surface area contributed by atoms with E-state index in [1.807, 2.05) is 35.8 Å². The van der Waals surface area contributed by atoms with Crippen molar-refractivity contribution in [1.29, 1.82) is 0 Å². The summed E-state index contributed by atoms with van der Waals surface area (Å²) in [6.45, 7) is 4.64. The topological polar surface area (TPSA) is 74.4 Å². The Morgan fingerprint density at radius 3 is 2.73 bits per heavy atom. The Balaban J connectivity index is 2.74. The summed E-state index contributed by atoms with van der Waals surface area (Å²) < 4.78 is 7.00. The van der Waals surface area contributed by atoms with Crippen LogP contribution in [0, 0.1) is 10.1 Å². The van der Waals surface area contributed by atoms with Crippen LogP contribution in [-0.2, 0) is 11.3 Å². The van der Waals surface area contributed by atoms with Gasteiger partial charge in [-0.05, 0) is 19.4 Å². The Bertz CT molecular complexity index is 731. The Hall–Kier alpha value is -2.63. The molecule has 6 nitrogen and oxygen atoms in total. The van der Waals surface area contributed by atoms with E-state index in [1.54, 1.807) is 6.92 Å². The van der Waals surface area contributed by atoms with Crippen molar-refractivity contribution in [2.45, 2.75) is 26.8 Å². The van der Waals surface area contributed by atoms with Crippen LogP contribution in [0.3, 0.4) is 0 Å². The van der Waals surface area contributed by atoms with Gasteiger partial charge in [0, 0.05) is 29.1 Å². The van der Waals surface area contributed by atoms with Crippen molar-refractivity contribution in [3.05, 3.63) is 51.8 Å². The Morgan fingerprint density at radius 2 is 2.09 bits per heavy atom. The summed E-state index contributed by atoms with van der Waals surface area (Å²) in [5.74, 6) is -0.463. The lowest BCUT2D eigenvalue weighted by molar-refractivity contribution is -0.400. The van der Waals surface area contributed by atoms with Crippen LogP contribution in [0.1, 0.15) is 36.3 Å². The molecule has 0 fully saturated rings. The van der Waals surface area contributed by atoms with Crippen LogP contribution in [0.2, 0.25) is 0 Å². The first-order valence-corrected chi connectivity index (χ1v) is 7.20. The number of benzene rings is 1. The number of para-hydroxylation sites is 1. The maximum atomic E-state index is 12.3. The average molecular weight is 302 g/mol. The van der Waals surface area contributed by atoms with Crippen molar-refractivity contribution in [3.63, 3.8) is 0 Å². The largest absolute Gasteiger partial charge is 0.461 e. The number of esters is 1. The van der Waals surface area contributed by atoms with E-state index < -0.39 is 10.9 Å². The van der Waals surface area contributed by atoms with Crippen LogP contribution >= 0.6 is 0 Å². The lowest BCUT2D eigenvalue weighted by atomic mass is 10.1. The summed E-state index contributed by atoms with van der Waals surface area (Å²) in [6.07, 6.45) is 3.05. The van der Waals surface area contributed by atoms with Gasteiger partial charge in [-0.15, -0.1) is 0 Å². The minimum absolute atomic E-state index is 0.255. The van der Waals surface area contributed by atoms with Gasteiger partial charge in [0.1, 0.15) is 5.69 Å². The highest BCUT2D eigenvalue weighted by atomic mass is 16.6. The number of hydrogen-bond donors (Lipinski definition) is 0. The lowest BCUT2D eigenvalue weighted by Crippen LogP contribution is -2.13. The van der Waals surface area contributed by atoms with Crippen LogP contribution in [0.15, 0.2) is 30.5 Å². The molecule has 0 spiro atoms. The third-order valence-electron chi connectivity index (χ3n) is 3.29. The molecule has 1 heterocycles. The molecular formula is C16H18N2O4. The summed E-state index contributed by atoms with van der Waals surface area (Å²) in [7, 11) is 0. The highest BCUT2D eigenvalue weighted by Crippen LogP contribution is 2.28. The fourth-order valence-corrected chi connectivity index (χ4v) is 2.51. The standard InChI is InChI=1S/C16H18N2O4/c1-3-10-17-14-8-6-5-7-12(14)13(9-11-18(20)21)15(17)16(19)22-4-2/h5-9,11H,3-4,10H2,1-2H3/b11-9+. The third kappa shape index (κ3) is 3.00. The van der Waals surface area contributed by atoms with Crippen LogP contribution < -0.4 is 0 Å². The number of aryl methyl sites for hydroxylation is 1. The van der Waals surface area contributed by atoms with Gasteiger partial charge in [0.05, 0.1) is 11.5 Å². The minimum atomic E-state index is -0.541. The quantitative estimate of drug-likeness (QED) is 0.465. The monoisotopic (exact) mass is 302 g/mol. The number of ether oxygens (including phenoxy) is 1. The second kappa shape index (κ2) is 6.89. The molecule has 6 heteroatoms. The van der Waals surface area contributed by atoms with E-state index in [-0.39, 0.29) is 6.61 Å². The van der Waals surface area contributed by atoms with Gasteiger partial charge in [-0.2, -0.15) is 0 Å². The first kappa shape index (κ1) is 15.8. The first-order valence-electron chi connectivity index (χ1n) is 7.20. The summed E-state index contributed by atoms with van der Waals surface area (Å²) in [5.41, 5.74) is 1.76. The van der Waals surface area contributed by atoms with Gasteiger partial charge in [0.25, 0.3) is 0 Å². The van der Waals surface area contributed by atoms with E-state index in [9.17, 15) is 14.9 Å². The van der Waals surface area contributed by atoms with Crippen LogP contribution in [0.5, 0.6) is 0 Å². The lowest BCUT2D eigenvalue weighted by Gasteiger charge is -2.09. The average Bonchev–Trinajstić information content (AvgIpc) is 2.80. The molecule has 2 aromatic rings. The molecule has 22 heavy (non-hydrogen) atoms. The molecule has 0 bridgehead atoms. The number of carbonyl (C=O) groups is 1. The van der Waals surface area contributed by atoms with Gasteiger partial charge in [-0.25, -0.2) is 4.79 Å². The third-order valence-corrected chi connectivity index (χ3v) is 3.29. The number of rotatable bonds is 6. The SMILES string of the molecule is CCCn1c(C(=O)OCC)c(/C=C/[N+](=O)[O-])c2ccccc21. The molecule has 116 valence electrons. The van der Waals surface area contributed by atoms with Crippen molar-refractivity contribution in [3.8, 4) is 0 Å². The fourth-order valence-electron chi connectivity index (χ4n) is 2.51. The van der Waals surface area contributed by atoms with Crippen LogP contribution in [0.25, 0.3) is 17.0 Å². The smallest absolute Gasteiger partial charge is 0.355 e. The molecule has 0 atom stereocenters. The van der Waals surface area contributed by atoms with E-state index in [0.29, 0.717) is 17.8 Å². The number of fused-ring (bicyclic) bond motifs is 1. The molecule has 0 aliphatic heterocycles. The maximum Gasteiger partial charge on any atom is 0.355 e. The Kier molecular flexibility index (Phi) is 4.93. The molecule has 0 saturated carbocycles. The van der Waals surface area contributed by atoms with Crippen molar-refractivity contribution in [2.24, 2.45) is 0 Å². The molecule has 0 amide bonds. The maximum absolute atomic E-state index is 12.3. The first-order chi connectivity index (χ1) is 10.6. The molecular weight excluding hydrogens is 284 g/mol. The zero-order valence-corrected chi connectivity index (χ0v) is 12.6. The molecule has 1 aromatic heterocycles. The zero-order chi connectivity index (χ0) is 16.1. The highest BCUT2D eigenvalue weighted by Gasteiger charge is 2.22. The molecule has 0 aliphatic rings. The number of aromatic nitrogens is 1. The molecule has 0 N–H and O–H groups in total. The zero-order valence-electron chi connectivity index (χ0n) is 12.6. The Morgan fingerprint density at radius 1 is 1.36 bits per heavy atom. The van der Waals surface area contributed by atoms with E-state index >= 15 is 0 Å². The van der Waals surface area contributed by atoms with E-state index in [2.05, 4.69) is 0 Å². The molecule has 2 rings (SSSR count). The second-order valence-electron chi connectivity index (χ2n) is 4.75.